The van der Waals surface area contributed by atoms with Crippen molar-refractivity contribution in [1.29, 1.82) is 0 Å². The number of carbonyl (C=O) groups is 1. The van der Waals surface area contributed by atoms with E-state index >= 15 is 0 Å². The molecule has 0 bridgehead atoms. The fourth-order valence-corrected chi connectivity index (χ4v) is 4.89. The van der Waals surface area contributed by atoms with Crippen LogP contribution in [0.3, 0.4) is 0 Å². The number of hydrogen-bond acceptors (Lipinski definition) is 6. The number of aryl methyl sites for hydroxylation is 1. The quantitative estimate of drug-likeness (QED) is 0.433. The third-order valence-corrected chi connectivity index (χ3v) is 6.99. The number of pyridine rings is 1. The van der Waals surface area contributed by atoms with Crippen LogP contribution in [0.2, 0.25) is 0 Å². The van der Waals surface area contributed by atoms with Crippen molar-refractivity contribution < 1.29 is 19.4 Å². The van der Waals surface area contributed by atoms with E-state index < -0.39 is 11.5 Å². The topological polar surface area (TPSA) is 95.1 Å². The summed E-state index contributed by atoms with van der Waals surface area (Å²) >= 11 is 0. The molecular formula is C30H35N3O5. The van der Waals surface area contributed by atoms with E-state index in [4.69, 9.17) is 9.47 Å². The molecule has 2 aromatic carbocycles. The molecule has 0 aliphatic carbocycles. The van der Waals surface area contributed by atoms with Gasteiger partial charge in [0.1, 0.15) is 22.8 Å². The summed E-state index contributed by atoms with van der Waals surface area (Å²) in [4.78, 5) is 33.5. The summed E-state index contributed by atoms with van der Waals surface area (Å²) in [7, 11) is 3.06. The molecule has 200 valence electrons. The minimum absolute atomic E-state index is 0.274. The van der Waals surface area contributed by atoms with Crippen LogP contribution in [0.5, 0.6) is 17.2 Å². The van der Waals surface area contributed by atoms with E-state index in [2.05, 4.69) is 16.5 Å². The van der Waals surface area contributed by atoms with Gasteiger partial charge in [0, 0.05) is 37.6 Å². The van der Waals surface area contributed by atoms with Gasteiger partial charge < -0.3 is 29.4 Å². The third kappa shape index (κ3) is 5.25. The molecule has 0 radical (unpaired) electrons. The molecule has 0 spiro atoms. The van der Waals surface area contributed by atoms with Crippen LogP contribution in [-0.4, -0.2) is 66.2 Å². The zero-order valence-corrected chi connectivity index (χ0v) is 22.3. The number of nitrogens with one attached hydrogen (secondary N) is 1. The van der Waals surface area contributed by atoms with E-state index in [9.17, 15) is 14.7 Å². The number of amides is 1. The van der Waals surface area contributed by atoms with Crippen LogP contribution in [0.25, 0.3) is 16.8 Å². The Hall–Kier alpha value is -4.20. The molecule has 1 aliphatic heterocycles. The molecule has 3 aromatic rings. The molecule has 0 atom stereocenters. The molecule has 1 aliphatic rings. The highest BCUT2D eigenvalue weighted by Gasteiger charge is 2.31. The number of aromatic amines is 1. The number of aromatic nitrogens is 1. The zero-order valence-electron chi connectivity index (χ0n) is 22.3. The maximum atomic E-state index is 13.6. The molecular weight excluding hydrogens is 482 g/mol. The van der Waals surface area contributed by atoms with Gasteiger partial charge in [0.05, 0.1) is 25.3 Å². The average molecular weight is 518 g/mol. The molecule has 8 heteroatoms. The number of aromatic hydroxyl groups is 1. The van der Waals surface area contributed by atoms with Gasteiger partial charge in [-0.1, -0.05) is 56.3 Å². The second kappa shape index (κ2) is 11.9. The van der Waals surface area contributed by atoms with Crippen molar-refractivity contribution in [3.63, 3.8) is 0 Å². The first kappa shape index (κ1) is 26.9. The highest BCUT2D eigenvalue weighted by molar-refractivity contribution is 6.00. The number of H-pyrrole nitrogens is 1. The number of unbranched alkanes of at least 4 members (excludes halogenated alkanes) is 1. The smallest absolute Gasteiger partial charge is 0.264 e. The summed E-state index contributed by atoms with van der Waals surface area (Å²) in [6.07, 6.45) is 2.20. The van der Waals surface area contributed by atoms with Gasteiger partial charge in [-0.15, -0.1) is 0 Å². The first-order valence-electron chi connectivity index (χ1n) is 12.9. The number of piperazine rings is 1. The molecule has 1 amide bonds. The lowest BCUT2D eigenvalue weighted by Gasteiger charge is -2.37. The maximum Gasteiger partial charge on any atom is 0.264 e. The Balaban J connectivity index is 1.69. The van der Waals surface area contributed by atoms with E-state index in [1.54, 1.807) is 23.1 Å². The van der Waals surface area contributed by atoms with E-state index in [1.165, 1.54) is 14.2 Å². The third-order valence-electron chi connectivity index (χ3n) is 6.99. The second-order valence-electron chi connectivity index (χ2n) is 9.26. The van der Waals surface area contributed by atoms with Gasteiger partial charge in [0.25, 0.3) is 11.5 Å². The van der Waals surface area contributed by atoms with Crippen molar-refractivity contribution in [3.05, 3.63) is 82.3 Å². The predicted molar refractivity (Wildman–Crippen MR) is 149 cm³/mol. The molecule has 1 aromatic heterocycles. The van der Waals surface area contributed by atoms with Gasteiger partial charge in [-0.25, -0.2) is 0 Å². The highest BCUT2D eigenvalue weighted by atomic mass is 16.5. The Labute approximate surface area is 223 Å². The minimum atomic E-state index is -0.604. The fraction of sp³-hybridized carbons (Fsp3) is 0.333. The highest BCUT2D eigenvalue weighted by Crippen LogP contribution is 2.44. The summed E-state index contributed by atoms with van der Waals surface area (Å²) in [6.45, 7) is 8.20. The summed E-state index contributed by atoms with van der Waals surface area (Å²) < 4.78 is 11.2. The Bertz CT molecular complexity index is 1340. The summed E-state index contributed by atoms with van der Waals surface area (Å²) in [5, 5.41) is 11.5. The first-order chi connectivity index (χ1) is 18.4. The SMILES string of the molecule is C=C(c1ccccc1)N1CCN(C(=O)c2c(O)c(-c3c(OC)cccc3OC)c(CCCC)[nH]c2=O)CC1. The van der Waals surface area contributed by atoms with E-state index in [-0.39, 0.29) is 11.3 Å². The molecule has 2 heterocycles. The van der Waals surface area contributed by atoms with Crippen molar-refractivity contribution in [1.82, 2.24) is 14.8 Å². The normalized spacial score (nSPS) is 13.3. The second-order valence-corrected chi connectivity index (χ2v) is 9.26. The Morgan fingerprint density at radius 3 is 2.13 bits per heavy atom. The molecule has 8 nitrogen and oxygen atoms in total. The predicted octanol–water partition coefficient (Wildman–Crippen LogP) is 4.54. The van der Waals surface area contributed by atoms with Crippen LogP contribution >= 0.6 is 0 Å². The zero-order chi connectivity index (χ0) is 27.2. The maximum absolute atomic E-state index is 13.6. The molecule has 1 saturated heterocycles. The Morgan fingerprint density at radius 2 is 1.55 bits per heavy atom. The summed E-state index contributed by atoms with van der Waals surface area (Å²) in [5.74, 6) is 0.0708. The van der Waals surface area contributed by atoms with Crippen LogP contribution in [0, 0.1) is 0 Å². The summed E-state index contributed by atoms with van der Waals surface area (Å²) in [5.41, 5.74) is 2.43. The lowest BCUT2D eigenvalue weighted by Crippen LogP contribution is -2.48. The van der Waals surface area contributed by atoms with Crippen molar-refractivity contribution in [2.45, 2.75) is 26.2 Å². The molecule has 0 unspecified atom stereocenters. The fourth-order valence-electron chi connectivity index (χ4n) is 4.89. The molecule has 0 saturated carbocycles. The number of methoxy groups -OCH3 is 2. The molecule has 1 fully saturated rings. The monoisotopic (exact) mass is 517 g/mol. The van der Waals surface area contributed by atoms with Gasteiger partial charge >= 0.3 is 0 Å². The van der Waals surface area contributed by atoms with E-state index in [1.807, 2.05) is 37.3 Å². The lowest BCUT2D eigenvalue weighted by atomic mass is 9.95. The molecule has 38 heavy (non-hydrogen) atoms. The van der Waals surface area contributed by atoms with Gasteiger partial charge in [-0.3, -0.25) is 9.59 Å². The van der Waals surface area contributed by atoms with Crippen LogP contribution in [0.15, 0.2) is 59.9 Å². The van der Waals surface area contributed by atoms with Crippen LogP contribution < -0.4 is 15.0 Å². The lowest BCUT2D eigenvalue weighted by molar-refractivity contribution is 0.0681. The number of benzene rings is 2. The summed E-state index contributed by atoms with van der Waals surface area (Å²) in [6, 6.07) is 15.2. The number of hydrogen-bond donors (Lipinski definition) is 2. The van der Waals surface area contributed by atoms with Crippen LogP contribution in [-0.2, 0) is 6.42 Å². The van der Waals surface area contributed by atoms with Crippen molar-refractivity contribution >= 4 is 11.6 Å². The van der Waals surface area contributed by atoms with Crippen LogP contribution in [0.4, 0.5) is 0 Å². The van der Waals surface area contributed by atoms with Gasteiger partial charge in [-0.2, -0.15) is 0 Å². The first-order valence-corrected chi connectivity index (χ1v) is 12.9. The average Bonchev–Trinajstić information content (AvgIpc) is 2.95. The number of rotatable bonds is 9. The van der Waals surface area contributed by atoms with Crippen molar-refractivity contribution in [3.8, 4) is 28.4 Å². The number of ether oxygens (including phenoxy) is 2. The molecule has 4 rings (SSSR count). The van der Waals surface area contributed by atoms with E-state index in [0.29, 0.717) is 60.9 Å². The van der Waals surface area contributed by atoms with Crippen LogP contribution in [0.1, 0.15) is 41.4 Å². The van der Waals surface area contributed by atoms with Gasteiger partial charge in [-0.05, 0) is 30.5 Å². The van der Waals surface area contributed by atoms with Crippen molar-refractivity contribution in [2.75, 3.05) is 40.4 Å². The standard InChI is InChI=1S/C30H35N3O5/c1-5-6-13-22-25(26-23(37-3)14-10-15-24(26)38-4)28(34)27(29(35)31-22)30(36)33-18-16-32(17-19-33)20(2)21-11-8-7-9-12-21/h7-12,14-15H,2,5-6,13,16-19H2,1,3-4H3,(H2,31,34,35). The number of nitrogens with zero attached hydrogens (tertiary/aromatic N) is 2. The van der Waals surface area contributed by atoms with Crippen molar-refractivity contribution in [2.24, 2.45) is 0 Å². The number of carbonyl (C=O) groups excluding carboxylic acids is 1. The minimum Gasteiger partial charge on any atom is -0.506 e. The van der Waals surface area contributed by atoms with Gasteiger partial charge in [0.2, 0.25) is 0 Å². The Morgan fingerprint density at radius 1 is 0.947 bits per heavy atom. The largest absolute Gasteiger partial charge is 0.506 e. The molecule has 2 N–H and O–H groups in total. The van der Waals surface area contributed by atoms with Gasteiger partial charge in [0.15, 0.2) is 0 Å². The Kier molecular flexibility index (Phi) is 8.41. The van der Waals surface area contributed by atoms with E-state index in [0.717, 1.165) is 24.1 Å².